The van der Waals surface area contributed by atoms with Crippen molar-refractivity contribution >= 4 is 22.6 Å². The Morgan fingerprint density at radius 2 is 2.04 bits per heavy atom. The van der Waals surface area contributed by atoms with Gasteiger partial charge in [-0.1, -0.05) is 0 Å². The van der Waals surface area contributed by atoms with Gasteiger partial charge in [0.05, 0.1) is 11.9 Å². The Labute approximate surface area is 150 Å². The topological polar surface area (TPSA) is 79.0 Å². The number of aromatic amines is 1. The lowest BCUT2D eigenvalue weighted by atomic mass is 10.1. The number of fused-ring (bicyclic) bond motifs is 1. The summed E-state index contributed by atoms with van der Waals surface area (Å²) in [7, 11) is 0. The number of carbonyl (C=O) groups is 1. The summed E-state index contributed by atoms with van der Waals surface area (Å²) in [6, 6.07) is 7.81. The number of nitrogens with one attached hydrogen (secondary N) is 3. The second kappa shape index (κ2) is 7.13. The molecule has 6 nitrogen and oxygen atoms in total. The molecule has 0 aliphatic heterocycles. The maximum Gasteiger partial charge on any atom is 0.238 e. The molecule has 2 aromatic heterocycles. The van der Waals surface area contributed by atoms with Crippen molar-refractivity contribution in [2.45, 2.75) is 26.3 Å². The molecule has 0 aliphatic rings. The largest absolute Gasteiger partial charge is 0.453 e. The Hall–Kier alpha value is -2.93. The molecule has 0 fully saturated rings. The third-order valence-corrected chi connectivity index (χ3v) is 3.64. The highest BCUT2D eigenvalue weighted by atomic mass is 19.1. The van der Waals surface area contributed by atoms with Gasteiger partial charge in [-0.05, 0) is 45.0 Å². The van der Waals surface area contributed by atoms with E-state index in [1.165, 1.54) is 12.1 Å². The van der Waals surface area contributed by atoms with Crippen molar-refractivity contribution < 1.29 is 13.9 Å². The Bertz CT molecular complexity index is 931. The molecule has 0 radical (unpaired) electrons. The molecular weight excluding hydrogens is 335 g/mol. The molecule has 3 aromatic rings. The van der Waals surface area contributed by atoms with E-state index < -0.39 is 5.82 Å². The number of amides is 1. The maximum atomic E-state index is 14.4. The van der Waals surface area contributed by atoms with Crippen LogP contribution in [0.1, 0.15) is 20.8 Å². The zero-order chi connectivity index (χ0) is 18.7. The molecule has 0 spiro atoms. The number of ether oxygens (including phenoxy) is 1. The summed E-state index contributed by atoms with van der Waals surface area (Å²) in [6.45, 7) is 6.04. The van der Waals surface area contributed by atoms with Crippen LogP contribution < -0.4 is 15.4 Å². The highest BCUT2D eigenvalue weighted by molar-refractivity contribution is 5.92. The summed E-state index contributed by atoms with van der Waals surface area (Å²) in [5.74, 6) is -0.228. The van der Waals surface area contributed by atoms with Crippen LogP contribution in [0.4, 0.5) is 10.1 Å². The first kappa shape index (κ1) is 17.9. The van der Waals surface area contributed by atoms with Gasteiger partial charge in [-0.25, -0.2) is 9.37 Å². The van der Waals surface area contributed by atoms with E-state index in [2.05, 4.69) is 20.6 Å². The molecule has 7 heteroatoms. The van der Waals surface area contributed by atoms with E-state index in [1.54, 1.807) is 24.5 Å². The third kappa shape index (κ3) is 4.37. The average Bonchev–Trinajstić information content (AvgIpc) is 3.04. The van der Waals surface area contributed by atoms with E-state index in [4.69, 9.17) is 4.74 Å². The van der Waals surface area contributed by atoms with Crippen molar-refractivity contribution in [2.24, 2.45) is 0 Å². The number of hydrogen-bond acceptors (Lipinski definition) is 4. The quantitative estimate of drug-likeness (QED) is 0.649. The van der Waals surface area contributed by atoms with Gasteiger partial charge in [-0.15, -0.1) is 0 Å². The maximum absolute atomic E-state index is 14.4. The van der Waals surface area contributed by atoms with Gasteiger partial charge in [-0.3, -0.25) is 4.79 Å². The number of anilines is 1. The highest BCUT2D eigenvalue weighted by Crippen LogP contribution is 2.30. The minimum absolute atomic E-state index is 0.0736. The molecule has 0 saturated carbocycles. The number of pyridine rings is 1. The summed E-state index contributed by atoms with van der Waals surface area (Å²) in [6.07, 6.45) is 3.33. The van der Waals surface area contributed by atoms with Crippen LogP contribution in [0.3, 0.4) is 0 Å². The first-order chi connectivity index (χ1) is 12.3. The van der Waals surface area contributed by atoms with Gasteiger partial charge in [0.15, 0.2) is 11.6 Å². The summed E-state index contributed by atoms with van der Waals surface area (Å²) in [5.41, 5.74) is 0.865. The fraction of sp³-hybridized carbons (Fsp3) is 0.263. The van der Waals surface area contributed by atoms with Crippen LogP contribution in [0.2, 0.25) is 0 Å². The lowest BCUT2D eigenvalue weighted by Crippen LogP contribution is -2.41. The van der Waals surface area contributed by atoms with Gasteiger partial charge in [-0.2, -0.15) is 0 Å². The molecule has 1 aromatic carbocycles. The van der Waals surface area contributed by atoms with E-state index in [-0.39, 0.29) is 23.7 Å². The summed E-state index contributed by atoms with van der Waals surface area (Å²) in [4.78, 5) is 19.1. The molecule has 0 aliphatic carbocycles. The minimum Gasteiger partial charge on any atom is -0.453 e. The number of nitrogens with zero attached hydrogens (tertiary/aromatic N) is 1. The third-order valence-electron chi connectivity index (χ3n) is 3.64. The van der Waals surface area contributed by atoms with Crippen LogP contribution in [0.5, 0.6) is 11.5 Å². The lowest BCUT2D eigenvalue weighted by Gasteiger charge is -2.20. The van der Waals surface area contributed by atoms with Crippen LogP contribution in [-0.4, -0.2) is 28.0 Å². The molecule has 0 bridgehead atoms. The summed E-state index contributed by atoms with van der Waals surface area (Å²) in [5, 5.41) is 6.50. The number of hydrogen-bond donors (Lipinski definition) is 3. The SMILES string of the molecule is CC(C)(C)NCC(=O)Nc1ccc(Oc2ccnc3[nH]ccc23)c(F)c1. The molecule has 0 saturated heterocycles. The molecule has 0 atom stereocenters. The Balaban J connectivity index is 1.70. The number of aromatic nitrogens is 2. The Morgan fingerprint density at radius 1 is 1.23 bits per heavy atom. The summed E-state index contributed by atoms with van der Waals surface area (Å²) >= 11 is 0. The van der Waals surface area contributed by atoms with E-state index in [0.29, 0.717) is 17.1 Å². The van der Waals surface area contributed by atoms with Crippen LogP contribution in [-0.2, 0) is 4.79 Å². The fourth-order valence-corrected chi connectivity index (χ4v) is 2.35. The Kier molecular flexibility index (Phi) is 4.90. The number of benzene rings is 1. The zero-order valence-corrected chi connectivity index (χ0v) is 14.9. The lowest BCUT2D eigenvalue weighted by molar-refractivity contribution is -0.115. The monoisotopic (exact) mass is 356 g/mol. The minimum atomic E-state index is -0.563. The molecule has 3 N–H and O–H groups in total. The van der Waals surface area contributed by atoms with Crippen molar-refractivity contribution in [2.75, 3.05) is 11.9 Å². The van der Waals surface area contributed by atoms with E-state index in [1.807, 2.05) is 26.8 Å². The molecule has 136 valence electrons. The fourth-order valence-electron chi connectivity index (χ4n) is 2.35. The van der Waals surface area contributed by atoms with Crippen molar-refractivity contribution in [3.05, 3.63) is 48.5 Å². The predicted octanol–water partition coefficient (Wildman–Crippen LogP) is 3.82. The average molecular weight is 356 g/mol. The second-order valence-electron chi connectivity index (χ2n) is 6.95. The normalized spacial score (nSPS) is 11.5. The Morgan fingerprint density at radius 3 is 2.77 bits per heavy atom. The highest BCUT2D eigenvalue weighted by Gasteiger charge is 2.13. The predicted molar refractivity (Wildman–Crippen MR) is 99.0 cm³/mol. The number of H-pyrrole nitrogens is 1. The van der Waals surface area contributed by atoms with E-state index >= 15 is 0 Å². The smallest absolute Gasteiger partial charge is 0.238 e. The van der Waals surface area contributed by atoms with Gasteiger partial charge in [0.2, 0.25) is 5.91 Å². The molecular formula is C19H21FN4O2. The molecule has 2 heterocycles. The van der Waals surface area contributed by atoms with Crippen LogP contribution in [0, 0.1) is 5.82 Å². The van der Waals surface area contributed by atoms with Gasteiger partial charge >= 0.3 is 0 Å². The van der Waals surface area contributed by atoms with Crippen LogP contribution in [0.25, 0.3) is 11.0 Å². The van der Waals surface area contributed by atoms with Gasteiger partial charge < -0.3 is 20.4 Å². The van der Waals surface area contributed by atoms with E-state index in [0.717, 1.165) is 5.39 Å². The van der Waals surface area contributed by atoms with Gasteiger partial charge in [0.25, 0.3) is 0 Å². The molecule has 0 unspecified atom stereocenters. The van der Waals surface area contributed by atoms with Gasteiger partial charge in [0.1, 0.15) is 11.4 Å². The van der Waals surface area contributed by atoms with Crippen molar-refractivity contribution in [3.8, 4) is 11.5 Å². The van der Waals surface area contributed by atoms with Crippen molar-refractivity contribution in [1.29, 1.82) is 0 Å². The molecule has 3 rings (SSSR count). The second-order valence-corrected chi connectivity index (χ2v) is 6.95. The number of rotatable bonds is 5. The van der Waals surface area contributed by atoms with Crippen LogP contribution in [0.15, 0.2) is 42.7 Å². The van der Waals surface area contributed by atoms with Gasteiger partial charge in [0, 0.05) is 29.7 Å². The molecule has 26 heavy (non-hydrogen) atoms. The number of carbonyl (C=O) groups excluding carboxylic acids is 1. The van der Waals surface area contributed by atoms with Crippen molar-refractivity contribution in [3.63, 3.8) is 0 Å². The first-order valence-electron chi connectivity index (χ1n) is 8.26. The number of halogens is 1. The zero-order valence-electron chi connectivity index (χ0n) is 14.9. The van der Waals surface area contributed by atoms with Crippen LogP contribution >= 0.6 is 0 Å². The first-order valence-corrected chi connectivity index (χ1v) is 8.26. The standard InChI is InChI=1S/C19H21FN4O2/c1-19(2,3)23-11-17(25)24-12-4-5-16(14(20)10-12)26-15-7-9-22-18-13(15)6-8-21-18/h4-10,23H,11H2,1-3H3,(H,21,22)(H,24,25). The van der Waals surface area contributed by atoms with Crippen molar-refractivity contribution in [1.82, 2.24) is 15.3 Å². The summed E-state index contributed by atoms with van der Waals surface area (Å²) < 4.78 is 20.0. The van der Waals surface area contributed by atoms with E-state index in [9.17, 15) is 9.18 Å². The molecule has 1 amide bonds.